The molecule has 1 rings (SSSR count). The number of aliphatic hydroxyl groups is 1. The summed E-state index contributed by atoms with van der Waals surface area (Å²) in [7, 11) is 0. The zero-order chi connectivity index (χ0) is 10.4. The molecule has 0 fully saturated rings. The van der Waals surface area contributed by atoms with E-state index in [-0.39, 0.29) is 0 Å². The molecule has 14 heavy (non-hydrogen) atoms. The van der Waals surface area contributed by atoms with Crippen LogP contribution in [0.5, 0.6) is 0 Å². The first-order valence-corrected chi connectivity index (χ1v) is 4.47. The number of aliphatic hydroxyl groups excluding tert-OH is 1. The summed E-state index contributed by atoms with van der Waals surface area (Å²) < 4.78 is 5.31. The van der Waals surface area contributed by atoms with Crippen molar-refractivity contribution in [2.75, 3.05) is 0 Å². The van der Waals surface area contributed by atoms with Crippen molar-refractivity contribution in [2.45, 2.75) is 25.7 Å². The maximum absolute atomic E-state index is 9.12. The second-order valence-electron chi connectivity index (χ2n) is 3.08. The number of hydrogen-bond donors (Lipinski definition) is 1. The van der Waals surface area contributed by atoms with Crippen molar-refractivity contribution >= 4 is 0 Å². The number of rotatable bonds is 4. The van der Waals surface area contributed by atoms with E-state index in [2.05, 4.69) is 0 Å². The molecule has 3 heteroatoms. The van der Waals surface area contributed by atoms with Crippen LogP contribution in [0.15, 0.2) is 30.3 Å². The molecule has 1 aromatic rings. The van der Waals surface area contributed by atoms with E-state index in [0.717, 1.165) is 5.56 Å². The highest BCUT2D eigenvalue weighted by molar-refractivity contribution is 5.13. The summed E-state index contributed by atoms with van der Waals surface area (Å²) in [6.07, 6.45) is -1.51. The van der Waals surface area contributed by atoms with E-state index in [1.807, 2.05) is 30.3 Å². The average Bonchev–Trinajstić information content (AvgIpc) is 2.26. The van der Waals surface area contributed by atoms with Crippen LogP contribution >= 0.6 is 0 Å². The summed E-state index contributed by atoms with van der Waals surface area (Å²) in [6.45, 7) is 2.09. The van der Waals surface area contributed by atoms with Crippen LogP contribution in [0.25, 0.3) is 0 Å². The summed E-state index contributed by atoms with van der Waals surface area (Å²) in [5.41, 5.74) is 1.03. The van der Waals surface area contributed by atoms with Gasteiger partial charge >= 0.3 is 0 Å². The standard InChI is InChI=1S/C11H13NO2/c1-9(11(13)7-12)14-8-10-5-3-2-4-6-10/h2-6,9,11,13H,8H2,1H3/t9?,11-/m1/s1. The van der Waals surface area contributed by atoms with Crippen molar-refractivity contribution in [1.29, 1.82) is 5.26 Å². The zero-order valence-electron chi connectivity index (χ0n) is 8.05. The molecule has 0 saturated heterocycles. The van der Waals surface area contributed by atoms with Crippen molar-refractivity contribution in [3.8, 4) is 6.07 Å². The minimum atomic E-state index is -1.06. The lowest BCUT2D eigenvalue weighted by atomic mass is 10.2. The van der Waals surface area contributed by atoms with Crippen molar-refractivity contribution in [3.05, 3.63) is 35.9 Å². The molecule has 1 aromatic carbocycles. The number of nitriles is 1. The van der Waals surface area contributed by atoms with Gasteiger partial charge in [0.25, 0.3) is 0 Å². The molecule has 0 radical (unpaired) electrons. The highest BCUT2D eigenvalue weighted by atomic mass is 16.5. The summed E-state index contributed by atoms with van der Waals surface area (Å²) in [4.78, 5) is 0. The maximum Gasteiger partial charge on any atom is 0.166 e. The van der Waals surface area contributed by atoms with Crippen LogP contribution < -0.4 is 0 Å². The van der Waals surface area contributed by atoms with Gasteiger partial charge in [-0.25, -0.2) is 0 Å². The first-order valence-electron chi connectivity index (χ1n) is 4.47. The first kappa shape index (κ1) is 10.7. The van der Waals surface area contributed by atoms with Crippen LogP contribution in [0.1, 0.15) is 12.5 Å². The predicted molar refractivity (Wildman–Crippen MR) is 52.3 cm³/mol. The van der Waals surface area contributed by atoms with Crippen LogP contribution in [0.2, 0.25) is 0 Å². The van der Waals surface area contributed by atoms with Gasteiger partial charge in [-0.15, -0.1) is 0 Å². The highest BCUT2D eigenvalue weighted by Gasteiger charge is 2.12. The Morgan fingerprint density at radius 2 is 2.07 bits per heavy atom. The van der Waals surface area contributed by atoms with Gasteiger partial charge in [0.2, 0.25) is 0 Å². The number of nitrogens with zero attached hydrogens (tertiary/aromatic N) is 1. The van der Waals surface area contributed by atoms with Gasteiger partial charge in [0.05, 0.1) is 18.8 Å². The topological polar surface area (TPSA) is 53.2 Å². The Balaban J connectivity index is 2.39. The third-order valence-electron chi connectivity index (χ3n) is 1.93. The molecule has 3 nitrogen and oxygen atoms in total. The molecule has 1 N–H and O–H groups in total. The molecule has 0 aliphatic heterocycles. The highest BCUT2D eigenvalue weighted by Crippen LogP contribution is 2.05. The van der Waals surface area contributed by atoms with E-state index >= 15 is 0 Å². The molecule has 0 saturated carbocycles. The van der Waals surface area contributed by atoms with Crippen LogP contribution in [0.4, 0.5) is 0 Å². The predicted octanol–water partition coefficient (Wildman–Crippen LogP) is 1.48. The van der Waals surface area contributed by atoms with Gasteiger partial charge in [0.15, 0.2) is 6.10 Å². The molecule has 2 atom stereocenters. The van der Waals surface area contributed by atoms with Crippen molar-refractivity contribution in [3.63, 3.8) is 0 Å². The van der Waals surface area contributed by atoms with Gasteiger partial charge in [-0.2, -0.15) is 5.26 Å². The molecular formula is C11H13NO2. The van der Waals surface area contributed by atoms with Gasteiger partial charge in [0.1, 0.15) is 0 Å². The third-order valence-corrected chi connectivity index (χ3v) is 1.93. The largest absolute Gasteiger partial charge is 0.375 e. The van der Waals surface area contributed by atoms with Crippen LogP contribution in [-0.2, 0) is 11.3 Å². The molecular weight excluding hydrogens is 178 g/mol. The van der Waals surface area contributed by atoms with Gasteiger partial charge < -0.3 is 9.84 Å². The molecule has 0 aromatic heterocycles. The molecule has 0 heterocycles. The Kier molecular flexibility index (Phi) is 4.11. The van der Waals surface area contributed by atoms with Crippen molar-refractivity contribution < 1.29 is 9.84 Å². The molecule has 0 spiro atoms. The zero-order valence-corrected chi connectivity index (χ0v) is 8.05. The fourth-order valence-corrected chi connectivity index (χ4v) is 0.998. The van der Waals surface area contributed by atoms with E-state index in [4.69, 9.17) is 15.1 Å². The molecule has 0 aliphatic carbocycles. The Hall–Kier alpha value is -1.37. The van der Waals surface area contributed by atoms with E-state index in [0.29, 0.717) is 6.61 Å². The fraction of sp³-hybridized carbons (Fsp3) is 0.364. The SMILES string of the molecule is CC(OCc1ccccc1)[C@H](O)C#N. The minimum absolute atomic E-state index is 0.417. The van der Waals surface area contributed by atoms with Crippen LogP contribution in [-0.4, -0.2) is 17.3 Å². The normalized spacial score (nSPS) is 14.4. The van der Waals surface area contributed by atoms with Crippen LogP contribution in [0.3, 0.4) is 0 Å². The lowest BCUT2D eigenvalue weighted by Crippen LogP contribution is -2.23. The average molecular weight is 191 g/mol. The fourth-order valence-electron chi connectivity index (χ4n) is 0.998. The number of benzene rings is 1. The molecule has 0 aliphatic rings. The van der Waals surface area contributed by atoms with Gasteiger partial charge in [-0.3, -0.25) is 0 Å². The molecule has 0 amide bonds. The van der Waals surface area contributed by atoms with E-state index in [1.54, 1.807) is 13.0 Å². The lowest BCUT2D eigenvalue weighted by Gasteiger charge is -2.13. The van der Waals surface area contributed by atoms with Crippen molar-refractivity contribution in [2.24, 2.45) is 0 Å². The summed E-state index contributed by atoms with van der Waals surface area (Å²) in [6, 6.07) is 11.4. The lowest BCUT2D eigenvalue weighted by molar-refractivity contribution is -0.0123. The molecule has 0 bridgehead atoms. The Morgan fingerprint density at radius 1 is 1.43 bits per heavy atom. The summed E-state index contributed by atoms with van der Waals surface area (Å²) in [5.74, 6) is 0. The second-order valence-corrected chi connectivity index (χ2v) is 3.08. The Morgan fingerprint density at radius 3 is 2.64 bits per heavy atom. The number of hydrogen-bond acceptors (Lipinski definition) is 3. The van der Waals surface area contributed by atoms with Gasteiger partial charge in [-0.1, -0.05) is 30.3 Å². The van der Waals surface area contributed by atoms with E-state index < -0.39 is 12.2 Å². The number of ether oxygens (including phenoxy) is 1. The minimum Gasteiger partial charge on any atom is -0.375 e. The quantitative estimate of drug-likeness (QED) is 0.733. The molecule has 74 valence electrons. The smallest absolute Gasteiger partial charge is 0.166 e. The van der Waals surface area contributed by atoms with E-state index in [1.165, 1.54) is 0 Å². The Labute approximate surface area is 83.6 Å². The van der Waals surface area contributed by atoms with Crippen molar-refractivity contribution in [1.82, 2.24) is 0 Å². The van der Waals surface area contributed by atoms with E-state index in [9.17, 15) is 0 Å². The first-order chi connectivity index (χ1) is 6.74. The summed E-state index contributed by atoms with van der Waals surface area (Å²) >= 11 is 0. The van der Waals surface area contributed by atoms with Gasteiger partial charge in [-0.05, 0) is 12.5 Å². The second kappa shape index (κ2) is 5.38. The summed E-state index contributed by atoms with van der Waals surface area (Å²) in [5, 5.41) is 17.5. The third kappa shape index (κ3) is 3.17. The maximum atomic E-state index is 9.12. The molecule has 1 unspecified atom stereocenters. The van der Waals surface area contributed by atoms with Crippen LogP contribution in [0, 0.1) is 11.3 Å². The monoisotopic (exact) mass is 191 g/mol. The van der Waals surface area contributed by atoms with Gasteiger partial charge in [0, 0.05) is 0 Å². The Bertz CT molecular complexity index is 305.